The molecular weight excluding hydrogens is 601 g/mol. The van der Waals surface area contributed by atoms with Crippen molar-refractivity contribution in [2.24, 2.45) is 5.92 Å². The van der Waals surface area contributed by atoms with Gasteiger partial charge < -0.3 is 24.3 Å². The van der Waals surface area contributed by atoms with Crippen molar-refractivity contribution in [2.45, 2.75) is 32.6 Å². The summed E-state index contributed by atoms with van der Waals surface area (Å²) in [6.45, 7) is 2.96. The highest BCUT2D eigenvalue weighted by atomic mass is 35.5. The lowest BCUT2D eigenvalue weighted by molar-refractivity contribution is -0.133. The summed E-state index contributed by atoms with van der Waals surface area (Å²) < 4.78 is 37.1. The predicted molar refractivity (Wildman–Crippen MR) is 167 cm³/mol. The molecule has 1 N–H and O–H groups in total. The first-order chi connectivity index (χ1) is 21.7. The summed E-state index contributed by atoms with van der Waals surface area (Å²) in [5, 5.41) is 2.84. The number of hydrogen-bond acceptors (Lipinski definition) is 7. The van der Waals surface area contributed by atoms with Crippen LogP contribution in [0, 0.1) is 11.7 Å². The van der Waals surface area contributed by atoms with Crippen molar-refractivity contribution in [3.05, 3.63) is 130 Å². The van der Waals surface area contributed by atoms with E-state index in [1.54, 1.807) is 106 Å². The van der Waals surface area contributed by atoms with E-state index in [0.29, 0.717) is 22.6 Å². The molecule has 0 saturated heterocycles. The fourth-order valence-electron chi connectivity index (χ4n) is 4.44. The maximum Gasteiger partial charge on any atom is 0.338 e. The molecule has 45 heavy (non-hydrogen) atoms. The van der Waals surface area contributed by atoms with Crippen molar-refractivity contribution in [1.82, 2.24) is 5.32 Å². The topological polar surface area (TPSA) is 100 Å². The molecule has 0 aliphatic heterocycles. The Morgan fingerprint density at radius 1 is 0.822 bits per heavy atom. The van der Waals surface area contributed by atoms with E-state index < -0.39 is 41.7 Å². The highest BCUT2D eigenvalue weighted by Crippen LogP contribution is 2.30. The molecule has 4 aromatic carbocycles. The van der Waals surface area contributed by atoms with Crippen molar-refractivity contribution < 1.29 is 37.7 Å². The molecule has 0 aromatic heterocycles. The number of nitrogens with one attached hydrogen (secondary N) is 1. The Morgan fingerprint density at radius 3 is 1.98 bits per heavy atom. The number of esters is 2. The zero-order valence-electron chi connectivity index (χ0n) is 25.0. The van der Waals surface area contributed by atoms with Gasteiger partial charge in [0.05, 0.1) is 29.3 Å². The van der Waals surface area contributed by atoms with E-state index in [2.05, 4.69) is 5.32 Å². The third-order valence-electron chi connectivity index (χ3n) is 6.83. The molecule has 0 aliphatic rings. The van der Waals surface area contributed by atoms with E-state index in [1.807, 2.05) is 0 Å². The van der Waals surface area contributed by atoms with Crippen molar-refractivity contribution in [2.75, 3.05) is 13.7 Å². The first kappa shape index (κ1) is 33.0. The Kier molecular flexibility index (Phi) is 11.5. The maximum absolute atomic E-state index is 14.8. The molecular formula is C35H33ClFNO7. The van der Waals surface area contributed by atoms with Crippen molar-refractivity contribution in [3.63, 3.8) is 0 Å². The van der Waals surface area contributed by atoms with E-state index in [9.17, 15) is 18.8 Å². The van der Waals surface area contributed by atoms with E-state index in [0.717, 1.165) is 6.07 Å². The molecule has 234 valence electrons. The van der Waals surface area contributed by atoms with Gasteiger partial charge in [-0.1, -0.05) is 61.8 Å². The van der Waals surface area contributed by atoms with Crippen LogP contribution >= 0.6 is 11.6 Å². The van der Waals surface area contributed by atoms with Gasteiger partial charge in [-0.2, -0.15) is 0 Å². The SMILES string of the molecule is COc1ccc(OCc2c(Cl)cc(F)cc2[C@H](COC(=O)c2ccccc2)NC(=O)[C@@H](OC(=O)c2ccccc2)C(C)C)cc1. The lowest BCUT2D eigenvalue weighted by Crippen LogP contribution is -2.44. The van der Waals surface area contributed by atoms with Crippen molar-refractivity contribution in [3.8, 4) is 11.5 Å². The second-order valence-electron chi connectivity index (χ2n) is 10.4. The van der Waals surface area contributed by atoms with Gasteiger partial charge in [-0.25, -0.2) is 14.0 Å². The van der Waals surface area contributed by atoms with Crippen LogP contribution in [-0.2, 0) is 20.9 Å². The molecule has 0 heterocycles. The fraction of sp³-hybridized carbons (Fsp3) is 0.229. The van der Waals surface area contributed by atoms with E-state index in [1.165, 1.54) is 6.07 Å². The molecule has 2 atom stereocenters. The van der Waals surface area contributed by atoms with Crippen LogP contribution < -0.4 is 14.8 Å². The molecule has 0 aliphatic carbocycles. The van der Waals surface area contributed by atoms with Gasteiger partial charge in [0.1, 0.15) is 30.5 Å². The average molecular weight is 634 g/mol. The van der Waals surface area contributed by atoms with Crippen LogP contribution in [0.3, 0.4) is 0 Å². The highest BCUT2D eigenvalue weighted by molar-refractivity contribution is 6.31. The molecule has 0 spiro atoms. The quantitative estimate of drug-likeness (QED) is 0.159. The van der Waals surface area contributed by atoms with E-state index in [-0.39, 0.29) is 29.4 Å². The number of amides is 1. The summed E-state index contributed by atoms with van der Waals surface area (Å²) in [4.78, 5) is 39.4. The number of benzene rings is 4. The molecule has 1 amide bonds. The number of carbonyl (C=O) groups is 3. The smallest absolute Gasteiger partial charge is 0.338 e. The molecule has 0 bridgehead atoms. The monoisotopic (exact) mass is 633 g/mol. The van der Waals surface area contributed by atoms with Gasteiger partial charge in [-0.05, 0) is 72.1 Å². The summed E-state index contributed by atoms with van der Waals surface area (Å²) in [6.07, 6.45) is -1.21. The molecule has 10 heteroatoms. The van der Waals surface area contributed by atoms with Gasteiger partial charge in [-0.15, -0.1) is 0 Å². The summed E-state index contributed by atoms with van der Waals surface area (Å²) in [5.74, 6) is -1.98. The number of carbonyl (C=O) groups excluding carboxylic acids is 3. The average Bonchev–Trinajstić information content (AvgIpc) is 3.05. The fourth-order valence-corrected chi connectivity index (χ4v) is 4.71. The van der Waals surface area contributed by atoms with Crippen LogP contribution in [0.5, 0.6) is 11.5 Å². The summed E-state index contributed by atoms with van der Waals surface area (Å²) >= 11 is 6.51. The number of ether oxygens (including phenoxy) is 4. The van der Waals surface area contributed by atoms with Gasteiger partial charge in [0.15, 0.2) is 6.10 Å². The standard InChI is InChI=1S/C35H33ClFNO7/c1-22(2)32(45-35(41)24-12-8-5-9-13-24)33(39)38-31(21-44-34(40)23-10-6-4-7-11-23)28-18-25(37)19-30(36)29(28)20-43-27-16-14-26(42-3)15-17-27/h4-19,22,31-32H,20-21H2,1-3H3,(H,38,39)/t31-,32-/m0/s1. The van der Waals surface area contributed by atoms with Crippen LogP contribution in [0.4, 0.5) is 4.39 Å². The van der Waals surface area contributed by atoms with Crippen molar-refractivity contribution in [1.29, 1.82) is 0 Å². The molecule has 8 nitrogen and oxygen atoms in total. The van der Waals surface area contributed by atoms with E-state index >= 15 is 0 Å². The van der Waals surface area contributed by atoms with Crippen LogP contribution in [0.2, 0.25) is 5.02 Å². The zero-order valence-corrected chi connectivity index (χ0v) is 25.8. The molecule has 4 rings (SSSR count). The second-order valence-corrected chi connectivity index (χ2v) is 10.8. The number of hydrogen-bond donors (Lipinski definition) is 1. The first-order valence-electron chi connectivity index (χ1n) is 14.2. The Labute approximate surface area is 266 Å². The van der Waals surface area contributed by atoms with Gasteiger partial charge in [-0.3, -0.25) is 4.79 Å². The summed E-state index contributed by atoms with van der Waals surface area (Å²) in [5.41, 5.74) is 1.15. The lowest BCUT2D eigenvalue weighted by Gasteiger charge is -2.27. The predicted octanol–water partition coefficient (Wildman–Crippen LogP) is 6.96. The van der Waals surface area contributed by atoms with Crippen LogP contribution in [0.25, 0.3) is 0 Å². The largest absolute Gasteiger partial charge is 0.497 e. The number of methoxy groups -OCH3 is 1. The Balaban J connectivity index is 1.63. The van der Waals surface area contributed by atoms with Crippen molar-refractivity contribution >= 4 is 29.4 Å². The van der Waals surface area contributed by atoms with Crippen LogP contribution in [-0.4, -0.2) is 37.7 Å². The summed E-state index contributed by atoms with van der Waals surface area (Å²) in [7, 11) is 1.55. The minimum Gasteiger partial charge on any atom is -0.497 e. The summed E-state index contributed by atoms with van der Waals surface area (Å²) in [6, 6.07) is 24.6. The highest BCUT2D eigenvalue weighted by Gasteiger charge is 2.31. The molecule has 0 unspecified atom stereocenters. The normalized spacial score (nSPS) is 12.1. The minimum atomic E-state index is -1.21. The van der Waals surface area contributed by atoms with Gasteiger partial charge in [0.25, 0.3) is 5.91 Å². The van der Waals surface area contributed by atoms with Crippen LogP contribution in [0.15, 0.2) is 97.1 Å². The minimum absolute atomic E-state index is 0.0445. The molecule has 0 saturated carbocycles. The third-order valence-corrected chi connectivity index (χ3v) is 7.16. The van der Waals surface area contributed by atoms with Crippen LogP contribution in [0.1, 0.15) is 51.7 Å². The van der Waals surface area contributed by atoms with E-state index in [4.69, 9.17) is 30.5 Å². The molecule has 0 fully saturated rings. The Hall–Kier alpha value is -4.89. The Bertz CT molecular complexity index is 1600. The first-order valence-corrected chi connectivity index (χ1v) is 14.6. The Morgan fingerprint density at radius 2 is 1.40 bits per heavy atom. The molecule has 4 aromatic rings. The zero-order chi connectivity index (χ0) is 32.3. The van der Waals surface area contributed by atoms with Gasteiger partial charge in [0, 0.05) is 5.56 Å². The number of rotatable bonds is 13. The van der Waals surface area contributed by atoms with Gasteiger partial charge in [0.2, 0.25) is 0 Å². The third kappa shape index (κ3) is 9.06. The van der Waals surface area contributed by atoms with Gasteiger partial charge >= 0.3 is 11.9 Å². The maximum atomic E-state index is 14.8. The second kappa shape index (κ2) is 15.7. The molecule has 0 radical (unpaired) electrons. The number of halogens is 2. The lowest BCUT2D eigenvalue weighted by atomic mass is 9.99.